The van der Waals surface area contributed by atoms with Crippen molar-refractivity contribution >= 4 is 22.0 Å². The SMILES string of the molecule is CC(CNC(=O)OC(C)(C)C)NC(C)Cc1ccc(Br)cc1. The summed E-state index contributed by atoms with van der Waals surface area (Å²) in [6.45, 7) is 10.3. The van der Waals surface area contributed by atoms with Gasteiger partial charge in [-0.1, -0.05) is 28.1 Å². The van der Waals surface area contributed by atoms with Gasteiger partial charge in [0, 0.05) is 23.1 Å². The third kappa shape index (κ3) is 8.39. The van der Waals surface area contributed by atoms with Crippen LogP contribution >= 0.6 is 15.9 Å². The Hall–Kier alpha value is -1.07. The zero-order valence-electron chi connectivity index (χ0n) is 14.1. The molecule has 5 heteroatoms. The summed E-state index contributed by atoms with van der Waals surface area (Å²) in [5, 5.41) is 6.26. The van der Waals surface area contributed by atoms with Crippen LogP contribution in [0.15, 0.2) is 28.7 Å². The monoisotopic (exact) mass is 370 g/mol. The third-order valence-electron chi connectivity index (χ3n) is 2.98. The summed E-state index contributed by atoms with van der Waals surface area (Å²) in [6, 6.07) is 8.85. The first-order valence-corrected chi connectivity index (χ1v) is 8.42. The molecule has 2 N–H and O–H groups in total. The molecule has 0 aromatic heterocycles. The van der Waals surface area contributed by atoms with Gasteiger partial charge in [-0.05, 0) is 58.7 Å². The van der Waals surface area contributed by atoms with E-state index in [9.17, 15) is 4.79 Å². The molecule has 0 aliphatic rings. The van der Waals surface area contributed by atoms with Gasteiger partial charge in [0.05, 0.1) is 0 Å². The van der Waals surface area contributed by atoms with Crippen molar-refractivity contribution in [3.63, 3.8) is 0 Å². The van der Waals surface area contributed by atoms with Crippen molar-refractivity contribution in [2.45, 2.75) is 58.7 Å². The van der Waals surface area contributed by atoms with E-state index in [4.69, 9.17) is 4.74 Å². The molecule has 0 heterocycles. The van der Waals surface area contributed by atoms with Crippen LogP contribution in [0.1, 0.15) is 40.2 Å². The largest absolute Gasteiger partial charge is 0.444 e. The molecule has 0 bridgehead atoms. The first-order chi connectivity index (χ1) is 10.2. The van der Waals surface area contributed by atoms with E-state index in [0.29, 0.717) is 12.6 Å². The highest BCUT2D eigenvalue weighted by Crippen LogP contribution is 2.12. The summed E-state index contributed by atoms with van der Waals surface area (Å²) in [5.41, 5.74) is 0.825. The van der Waals surface area contributed by atoms with E-state index in [1.54, 1.807) is 0 Å². The molecule has 2 atom stereocenters. The molecule has 22 heavy (non-hydrogen) atoms. The number of carbonyl (C=O) groups is 1. The highest BCUT2D eigenvalue weighted by Gasteiger charge is 2.16. The Morgan fingerprint density at radius 1 is 1.18 bits per heavy atom. The lowest BCUT2D eigenvalue weighted by atomic mass is 10.1. The van der Waals surface area contributed by atoms with Gasteiger partial charge in [-0.25, -0.2) is 4.79 Å². The Labute approximate surface area is 142 Å². The van der Waals surface area contributed by atoms with E-state index in [1.807, 2.05) is 20.8 Å². The van der Waals surface area contributed by atoms with Crippen LogP contribution in [0.2, 0.25) is 0 Å². The summed E-state index contributed by atoms with van der Waals surface area (Å²) < 4.78 is 6.31. The van der Waals surface area contributed by atoms with Crippen LogP contribution < -0.4 is 10.6 Å². The maximum Gasteiger partial charge on any atom is 0.407 e. The minimum atomic E-state index is -0.463. The smallest absolute Gasteiger partial charge is 0.407 e. The lowest BCUT2D eigenvalue weighted by Gasteiger charge is -2.23. The average molecular weight is 371 g/mol. The van der Waals surface area contributed by atoms with E-state index < -0.39 is 5.60 Å². The third-order valence-corrected chi connectivity index (χ3v) is 3.50. The molecule has 0 spiro atoms. The van der Waals surface area contributed by atoms with Crippen LogP contribution in [0.5, 0.6) is 0 Å². The Morgan fingerprint density at radius 2 is 1.77 bits per heavy atom. The summed E-state index contributed by atoms with van der Waals surface area (Å²) in [6.07, 6.45) is 0.575. The fourth-order valence-electron chi connectivity index (χ4n) is 2.13. The molecule has 1 aromatic carbocycles. The summed E-state index contributed by atoms with van der Waals surface area (Å²) >= 11 is 3.44. The lowest BCUT2D eigenvalue weighted by Crippen LogP contribution is -2.44. The minimum absolute atomic E-state index is 0.179. The number of alkyl carbamates (subject to hydrolysis) is 1. The van der Waals surface area contributed by atoms with Crippen molar-refractivity contribution in [1.82, 2.24) is 10.6 Å². The van der Waals surface area contributed by atoms with E-state index in [0.717, 1.165) is 10.9 Å². The second-order valence-corrected chi connectivity index (χ2v) is 7.60. The van der Waals surface area contributed by atoms with Crippen molar-refractivity contribution in [3.8, 4) is 0 Å². The lowest BCUT2D eigenvalue weighted by molar-refractivity contribution is 0.0522. The summed E-state index contributed by atoms with van der Waals surface area (Å²) in [5.74, 6) is 0. The summed E-state index contributed by atoms with van der Waals surface area (Å²) in [4.78, 5) is 11.6. The molecule has 0 radical (unpaired) electrons. The maximum atomic E-state index is 11.6. The van der Waals surface area contributed by atoms with Crippen molar-refractivity contribution in [2.75, 3.05) is 6.54 Å². The van der Waals surface area contributed by atoms with Crippen LogP contribution in [0.25, 0.3) is 0 Å². The fraction of sp³-hybridized carbons (Fsp3) is 0.588. The van der Waals surface area contributed by atoms with Crippen LogP contribution in [-0.2, 0) is 11.2 Å². The maximum absolute atomic E-state index is 11.6. The molecule has 4 nitrogen and oxygen atoms in total. The molecular weight excluding hydrogens is 344 g/mol. The second-order valence-electron chi connectivity index (χ2n) is 6.68. The average Bonchev–Trinajstić information content (AvgIpc) is 2.37. The highest BCUT2D eigenvalue weighted by molar-refractivity contribution is 9.10. The molecule has 0 fully saturated rings. The molecule has 124 valence electrons. The van der Waals surface area contributed by atoms with Crippen molar-refractivity contribution in [2.24, 2.45) is 0 Å². The second kappa shape index (κ2) is 8.53. The van der Waals surface area contributed by atoms with Gasteiger partial charge >= 0.3 is 6.09 Å². The number of halogens is 1. The number of rotatable bonds is 6. The van der Waals surface area contributed by atoms with Gasteiger partial charge in [0.1, 0.15) is 5.60 Å². The first-order valence-electron chi connectivity index (χ1n) is 7.63. The number of hydrogen-bond donors (Lipinski definition) is 2. The Kier molecular flexibility index (Phi) is 7.36. The molecule has 0 saturated carbocycles. The molecule has 0 aliphatic heterocycles. The van der Waals surface area contributed by atoms with Gasteiger partial charge in [0.2, 0.25) is 0 Å². The van der Waals surface area contributed by atoms with Crippen LogP contribution in [-0.4, -0.2) is 30.3 Å². The van der Waals surface area contributed by atoms with Gasteiger partial charge in [-0.15, -0.1) is 0 Å². The zero-order chi connectivity index (χ0) is 16.8. The summed E-state index contributed by atoms with van der Waals surface area (Å²) in [7, 11) is 0. The van der Waals surface area contributed by atoms with E-state index in [-0.39, 0.29) is 12.1 Å². The standard InChI is InChI=1S/C17H27BrN2O2/c1-12(10-14-6-8-15(18)9-7-14)20-13(2)11-19-16(21)22-17(3,4)5/h6-9,12-13,20H,10-11H2,1-5H3,(H,19,21). The van der Waals surface area contributed by atoms with Crippen molar-refractivity contribution in [1.29, 1.82) is 0 Å². The van der Waals surface area contributed by atoms with E-state index >= 15 is 0 Å². The molecule has 0 aliphatic carbocycles. The van der Waals surface area contributed by atoms with Gasteiger partial charge in [0.15, 0.2) is 0 Å². The molecule has 0 saturated heterocycles. The topological polar surface area (TPSA) is 50.4 Å². The molecule has 1 amide bonds. The molecular formula is C17H27BrN2O2. The Bertz CT molecular complexity index is 469. The quantitative estimate of drug-likeness (QED) is 0.798. The van der Waals surface area contributed by atoms with Crippen LogP contribution in [0, 0.1) is 0 Å². The van der Waals surface area contributed by atoms with E-state index in [1.165, 1.54) is 5.56 Å². The molecule has 1 rings (SSSR count). The number of carbonyl (C=O) groups excluding carboxylic acids is 1. The van der Waals surface area contributed by atoms with Crippen LogP contribution in [0.3, 0.4) is 0 Å². The predicted molar refractivity (Wildman–Crippen MR) is 94.1 cm³/mol. The minimum Gasteiger partial charge on any atom is -0.444 e. The number of amides is 1. The van der Waals surface area contributed by atoms with Crippen LogP contribution in [0.4, 0.5) is 4.79 Å². The normalized spacial score (nSPS) is 14.3. The Balaban J connectivity index is 2.30. The first kappa shape index (κ1) is 19.0. The zero-order valence-corrected chi connectivity index (χ0v) is 15.7. The van der Waals surface area contributed by atoms with Gasteiger partial charge in [-0.3, -0.25) is 0 Å². The molecule has 2 unspecified atom stereocenters. The fourth-order valence-corrected chi connectivity index (χ4v) is 2.39. The Morgan fingerprint density at radius 3 is 2.32 bits per heavy atom. The number of hydrogen-bond acceptors (Lipinski definition) is 3. The van der Waals surface area contributed by atoms with Crippen molar-refractivity contribution < 1.29 is 9.53 Å². The highest BCUT2D eigenvalue weighted by atomic mass is 79.9. The number of nitrogens with one attached hydrogen (secondary N) is 2. The predicted octanol–water partition coefficient (Wildman–Crippen LogP) is 3.88. The molecule has 1 aromatic rings. The van der Waals surface area contributed by atoms with E-state index in [2.05, 4.69) is 64.7 Å². The van der Waals surface area contributed by atoms with Gasteiger partial charge in [0.25, 0.3) is 0 Å². The van der Waals surface area contributed by atoms with Gasteiger partial charge < -0.3 is 15.4 Å². The van der Waals surface area contributed by atoms with Gasteiger partial charge in [-0.2, -0.15) is 0 Å². The number of benzene rings is 1. The van der Waals surface area contributed by atoms with Crippen molar-refractivity contribution in [3.05, 3.63) is 34.3 Å². The number of ether oxygens (including phenoxy) is 1.